The Morgan fingerprint density at radius 1 is 1.44 bits per heavy atom. The normalized spacial score (nSPS) is 21.5. The van der Waals surface area contributed by atoms with Gasteiger partial charge in [-0.15, -0.1) is 12.4 Å². The predicted molar refractivity (Wildman–Crippen MR) is 57.5 cm³/mol. The molecular formula is C10H9ClF3NO3. The van der Waals surface area contributed by atoms with Crippen LogP contribution in [0.5, 0.6) is 5.75 Å². The fourth-order valence-electron chi connectivity index (χ4n) is 1.57. The number of amides is 1. The molecule has 0 spiro atoms. The molecule has 1 aromatic carbocycles. The lowest BCUT2D eigenvalue weighted by molar-refractivity contribution is -0.105. The Morgan fingerprint density at radius 2 is 2.11 bits per heavy atom. The van der Waals surface area contributed by atoms with E-state index in [1.165, 1.54) is 0 Å². The van der Waals surface area contributed by atoms with E-state index in [0.717, 1.165) is 12.1 Å². The molecule has 1 aliphatic rings. The van der Waals surface area contributed by atoms with Gasteiger partial charge in [0.1, 0.15) is 17.6 Å². The maximum Gasteiger partial charge on any atom is 0.408 e. The molecule has 1 aromatic rings. The Labute approximate surface area is 106 Å². The minimum atomic E-state index is -3.41. The molecule has 1 atom stereocenters. The first-order valence-electron chi connectivity index (χ1n) is 4.70. The van der Waals surface area contributed by atoms with Crippen molar-refractivity contribution in [1.82, 2.24) is 5.32 Å². The number of phenols is 1. The molecule has 1 saturated heterocycles. The highest BCUT2D eigenvalue weighted by atomic mass is 35.5. The van der Waals surface area contributed by atoms with E-state index in [2.05, 4.69) is 4.74 Å². The van der Waals surface area contributed by atoms with Gasteiger partial charge in [-0.2, -0.15) is 0 Å². The van der Waals surface area contributed by atoms with Crippen LogP contribution < -0.4 is 5.32 Å². The molecule has 1 fully saturated rings. The van der Waals surface area contributed by atoms with E-state index in [-0.39, 0.29) is 18.2 Å². The van der Waals surface area contributed by atoms with Crippen LogP contribution in [0.2, 0.25) is 0 Å². The van der Waals surface area contributed by atoms with Crippen molar-refractivity contribution in [2.24, 2.45) is 0 Å². The summed E-state index contributed by atoms with van der Waals surface area (Å²) in [6, 6.07) is 0.960. The van der Waals surface area contributed by atoms with Crippen LogP contribution in [0.15, 0.2) is 18.2 Å². The van der Waals surface area contributed by atoms with Gasteiger partial charge in [-0.25, -0.2) is 18.0 Å². The van der Waals surface area contributed by atoms with Gasteiger partial charge in [0.15, 0.2) is 6.61 Å². The number of halogens is 4. The summed E-state index contributed by atoms with van der Waals surface area (Å²) >= 11 is 0. The molecule has 1 heterocycles. The summed E-state index contributed by atoms with van der Waals surface area (Å²) < 4.78 is 44.4. The van der Waals surface area contributed by atoms with E-state index in [9.17, 15) is 18.0 Å². The number of hydrogen-bond donors (Lipinski definition) is 2. The van der Waals surface area contributed by atoms with Crippen LogP contribution in [0.4, 0.5) is 18.0 Å². The third-order valence-electron chi connectivity index (χ3n) is 2.38. The van der Waals surface area contributed by atoms with Crippen molar-refractivity contribution in [1.29, 1.82) is 0 Å². The van der Waals surface area contributed by atoms with Crippen LogP contribution in [0, 0.1) is 5.82 Å². The molecule has 0 aliphatic carbocycles. The summed E-state index contributed by atoms with van der Waals surface area (Å²) in [7, 11) is 0. The van der Waals surface area contributed by atoms with E-state index in [4.69, 9.17) is 5.11 Å². The molecule has 100 valence electrons. The van der Waals surface area contributed by atoms with Crippen molar-refractivity contribution in [2.75, 3.05) is 6.61 Å². The number of phenolic OH excluding ortho intramolecular Hbond substituents is 1. The van der Waals surface area contributed by atoms with Gasteiger partial charge in [-0.05, 0) is 6.07 Å². The Morgan fingerprint density at radius 3 is 2.72 bits per heavy atom. The van der Waals surface area contributed by atoms with Crippen molar-refractivity contribution in [3.8, 4) is 5.75 Å². The summed E-state index contributed by atoms with van der Waals surface area (Å²) in [5, 5.41) is 10.8. The molecule has 0 radical (unpaired) electrons. The van der Waals surface area contributed by atoms with Crippen LogP contribution >= 0.6 is 12.4 Å². The molecule has 2 N–H and O–H groups in total. The number of carbonyl (C=O) groups excluding carboxylic acids is 1. The largest absolute Gasteiger partial charge is 0.508 e. The predicted octanol–water partition coefficient (Wildman–Crippen LogP) is 2.37. The first-order chi connectivity index (χ1) is 7.90. The van der Waals surface area contributed by atoms with Crippen molar-refractivity contribution in [3.63, 3.8) is 0 Å². The number of nitrogens with one attached hydrogen (secondary N) is 1. The monoisotopic (exact) mass is 283 g/mol. The average molecular weight is 284 g/mol. The summed E-state index contributed by atoms with van der Waals surface area (Å²) in [4.78, 5) is 10.9. The Hall–Kier alpha value is -1.63. The molecule has 2 rings (SSSR count). The Bertz CT molecular complexity index is 470. The van der Waals surface area contributed by atoms with E-state index < -0.39 is 36.0 Å². The highest BCUT2D eigenvalue weighted by molar-refractivity contribution is 5.85. The van der Waals surface area contributed by atoms with E-state index in [1.54, 1.807) is 0 Å². The van der Waals surface area contributed by atoms with Crippen LogP contribution in [0.25, 0.3) is 0 Å². The number of rotatable bonds is 1. The summed E-state index contributed by atoms with van der Waals surface area (Å²) in [6.45, 7) is -1.11. The number of carbonyl (C=O) groups is 1. The average Bonchev–Trinajstić information content (AvgIpc) is 2.23. The summed E-state index contributed by atoms with van der Waals surface area (Å²) in [5.41, 5.74) is -0.399. The first-order valence-corrected chi connectivity index (χ1v) is 4.70. The van der Waals surface area contributed by atoms with Crippen LogP contribution in [-0.2, 0) is 4.74 Å². The maximum atomic E-state index is 13.4. The van der Waals surface area contributed by atoms with E-state index in [1.807, 2.05) is 5.32 Å². The minimum Gasteiger partial charge on any atom is -0.508 e. The number of benzene rings is 1. The quantitative estimate of drug-likeness (QED) is 0.832. The summed E-state index contributed by atoms with van der Waals surface area (Å²) in [5.74, 6) is -4.81. The lowest BCUT2D eigenvalue weighted by atomic mass is 9.99. The van der Waals surface area contributed by atoms with E-state index in [0.29, 0.717) is 6.07 Å². The lowest BCUT2D eigenvalue weighted by Crippen LogP contribution is -2.49. The van der Waals surface area contributed by atoms with Gasteiger partial charge in [0.05, 0.1) is 0 Å². The maximum absolute atomic E-state index is 13.4. The smallest absolute Gasteiger partial charge is 0.408 e. The molecular weight excluding hydrogens is 275 g/mol. The van der Waals surface area contributed by atoms with Crippen LogP contribution in [-0.4, -0.2) is 23.7 Å². The Balaban J connectivity index is 0.00000162. The highest BCUT2D eigenvalue weighted by Gasteiger charge is 2.47. The number of ether oxygens (including phenoxy) is 1. The van der Waals surface area contributed by atoms with Gasteiger partial charge < -0.3 is 15.2 Å². The number of cyclic esters (lactones) is 1. The lowest BCUT2D eigenvalue weighted by Gasteiger charge is -2.31. The zero-order valence-electron chi connectivity index (χ0n) is 8.82. The van der Waals surface area contributed by atoms with Crippen molar-refractivity contribution in [2.45, 2.75) is 12.0 Å². The number of hydrogen-bond acceptors (Lipinski definition) is 3. The highest BCUT2D eigenvalue weighted by Crippen LogP contribution is 2.36. The topological polar surface area (TPSA) is 58.6 Å². The molecule has 8 heteroatoms. The third kappa shape index (κ3) is 2.61. The Kier molecular flexibility index (Phi) is 3.95. The van der Waals surface area contributed by atoms with Crippen molar-refractivity contribution < 1.29 is 27.8 Å². The van der Waals surface area contributed by atoms with Crippen molar-refractivity contribution >= 4 is 18.5 Å². The summed E-state index contributed by atoms with van der Waals surface area (Å²) in [6.07, 6.45) is -1.03. The molecule has 18 heavy (non-hydrogen) atoms. The van der Waals surface area contributed by atoms with Gasteiger partial charge in [0, 0.05) is 11.6 Å². The van der Waals surface area contributed by atoms with Gasteiger partial charge in [-0.3, -0.25) is 0 Å². The van der Waals surface area contributed by atoms with Gasteiger partial charge in [0.2, 0.25) is 0 Å². The molecule has 1 aliphatic heterocycles. The molecule has 0 unspecified atom stereocenters. The molecule has 0 saturated carbocycles. The van der Waals surface area contributed by atoms with Gasteiger partial charge >= 0.3 is 12.0 Å². The van der Waals surface area contributed by atoms with Gasteiger partial charge in [-0.1, -0.05) is 6.07 Å². The van der Waals surface area contributed by atoms with E-state index >= 15 is 0 Å². The second kappa shape index (κ2) is 4.93. The van der Waals surface area contributed by atoms with Crippen LogP contribution in [0.1, 0.15) is 11.6 Å². The zero-order valence-corrected chi connectivity index (χ0v) is 9.64. The minimum absolute atomic E-state index is 0. The number of aromatic hydroxyl groups is 1. The fourth-order valence-corrected chi connectivity index (χ4v) is 1.57. The fraction of sp³-hybridized carbons (Fsp3) is 0.300. The molecule has 4 nitrogen and oxygen atoms in total. The molecule has 0 bridgehead atoms. The van der Waals surface area contributed by atoms with Gasteiger partial charge in [0.25, 0.3) is 0 Å². The number of alkyl carbamates (subject to hydrolysis) is 1. The SMILES string of the molecule is Cl.O=C1N[C@@H](c2ccc(O)cc2F)C(F)(F)CO1. The standard InChI is InChI=1S/C10H8F3NO3.ClH/c11-7-3-5(15)1-2-6(7)8-10(12,13)4-17-9(16)14-8;/h1-3,8,15H,4H2,(H,14,16);1H/t8-;/m0./s1. The second-order valence-electron chi connectivity index (χ2n) is 3.62. The van der Waals surface area contributed by atoms with Crippen LogP contribution in [0.3, 0.4) is 0 Å². The second-order valence-corrected chi connectivity index (χ2v) is 3.62. The molecule has 1 amide bonds. The first kappa shape index (κ1) is 14.4. The third-order valence-corrected chi connectivity index (χ3v) is 2.38. The number of alkyl halides is 2. The zero-order chi connectivity index (χ0) is 12.6. The molecule has 0 aromatic heterocycles. The van der Waals surface area contributed by atoms with Crippen molar-refractivity contribution in [3.05, 3.63) is 29.6 Å².